The van der Waals surface area contributed by atoms with Crippen LogP contribution in [0.25, 0.3) is 0 Å². The molecular weight excluding hydrogens is 252 g/mol. The van der Waals surface area contributed by atoms with Crippen molar-refractivity contribution in [2.45, 2.75) is 63.1 Å². The molecule has 1 aliphatic heterocycles. The van der Waals surface area contributed by atoms with Gasteiger partial charge in [0.2, 0.25) is 0 Å². The molecule has 0 aromatic heterocycles. The van der Waals surface area contributed by atoms with Crippen molar-refractivity contribution in [1.29, 1.82) is 0 Å². The predicted octanol–water partition coefficient (Wildman–Crippen LogP) is 3.90. The maximum absolute atomic E-state index is 12.2. The standard InChI is InChI=1S/C17H20O3/c18-15-11-17(8-3-9-17)20-16-10-13(6-7-14(15)16)19-12-4-1-2-5-12/h6-7,10,12H,1-5,8-9,11H2. The summed E-state index contributed by atoms with van der Waals surface area (Å²) in [5.74, 6) is 1.80. The molecule has 0 bridgehead atoms. The number of rotatable bonds is 2. The van der Waals surface area contributed by atoms with E-state index >= 15 is 0 Å². The molecule has 1 spiro atoms. The number of hydrogen-bond donors (Lipinski definition) is 0. The molecule has 2 fully saturated rings. The van der Waals surface area contributed by atoms with E-state index in [-0.39, 0.29) is 11.4 Å². The first-order chi connectivity index (χ1) is 9.74. The van der Waals surface area contributed by atoms with Crippen molar-refractivity contribution in [2.75, 3.05) is 0 Å². The van der Waals surface area contributed by atoms with Crippen LogP contribution in [-0.4, -0.2) is 17.5 Å². The number of carbonyl (C=O) groups excluding carboxylic acids is 1. The highest BCUT2D eigenvalue weighted by Crippen LogP contribution is 2.45. The first-order valence-corrected chi connectivity index (χ1v) is 7.77. The van der Waals surface area contributed by atoms with Gasteiger partial charge in [-0.3, -0.25) is 4.79 Å². The van der Waals surface area contributed by atoms with Crippen molar-refractivity contribution in [3.8, 4) is 11.5 Å². The van der Waals surface area contributed by atoms with E-state index in [0.717, 1.165) is 42.7 Å². The number of benzene rings is 1. The van der Waals surface area contributed by atoms with Crippen molar-refractivity contribution in [2.24, 2.45) is 0 Å². The third kappa shape index (κ3) is 2.00. The van der Waals surface area contributed by atoms with Gasteiger partial charge in [0.15, 0.2) is 5.78 Å². The van der Waals surface area contributed by atoms with Crippen LogP contribution in [0.15, 0.2) is 18.2 Å². The maximum atomic E-state index is 12.2. The van der Waals surface area contributed by atoms with Gasteiger partial charge in [0.05, 0.1) is 18.1 Å². The highest BCUT2D eigenvalue weighted by atomic mass is 16.5. The van der Waals surface area contributed by atoms with Gasteiger partial charge in [-0.25, -0.2) is 0 Å². The molecule has 4 rings (SSSR count). The Hall–Kier alpha value is -1.51. The van der Waals surface area contributed by atoms with Crippen molar-refractivity contribution in [3.05, 3.63) is 23.8 Å². The van der Waals surface area contributed by atoms with Gasteiger partial charge < -0.3 is 9.47 Å². The first kappa shape index (κ1) is 12.2. The van der Waals surface area contributed by atoms with Gasteiger partial charge in [-0.2, -0.15) is 0 Å². The minimum Gasteiger partial charge on any atom is -0.490 e. The van der Waals surface area contributed by atoms with E-state index in [1.54, 1.807) is 0 Å². The third-order valence-corrected chi connectivity index (χ3v) is 4.93. The fourth-order valence-corrected chi connectivity index (χ4v) is 3.60. The van der Waals surface area contributed by atoms with Gasteiger partial charge >= 0.3 is 0 Å². The molecule has 20 heavy (non-hydrogen) atoms. The fraction of sp³-hybridized carbons (Fsp3) is 0.588. The summed E-state index contributed by atoms with van der Waals surface area (Å²) in [6.07, 6.45) is 8.86. The summed E-state index contributed by atoms with van der Waals surface area (Å²) >= 11 is 0. The molecule has 0 amide bonds. The van der Waals surface area contributed by atoms with Crippen LogP contribution in [0.2, 0.25) is 0 Å². The number of carbonyl (C=O) groups is 1. The summed E-state index contributed by atoms with van der Waals surface area (Å²) in [6, 6.07) is 5.70. The molecule has 3 nitrogen and oxygen atoms in total. The number of hydrogen-bond acceptors (Lipinski definition) is 3. The average Bonchev–Trinajstić information content (AvgIpc) is 2.89. The average molecular weight is 272 g/mol. The maximum Gasteiger partial charge on any atom is 0.170 e. The molecule has 0 N–H and O–H groups in total. The molecule has 1 aromatic rings. The van der Waals surface area contributed by atoms with Gasteiger partial charge in [-0.15, -0.1) is 0 Å². The molecule has 0 radical (unpaired) electrons. The zero-order chi connectivity index (χ0) is 13.6. The van der Waals surface area contributed by atoms with Crippen molar-refractivity contribution >= 4 is 5.78 Å². The molecule has 3 heteroatoms. The van der Waals surface area contributed by atoms with Crippen LogP contribution >= 0.6 is 0 Å². The molecule has 106 valence electrons. The Labute approximate surface area is 119 Å². The number of ketones is 1. The highest BCUT2D eigenvalue weighted by Gasteiger charge is 2.45. The summed E-state index contributed by atoms with van der Waals surface area (Å²) in [4.78, 5) is 12.2. The second kappa shape index (κ2) is 4.51. The van der Waals surface area contributed by atoms with Crippen LogP contribution in [0.3, 0.4) is 0 Å². The Kier molecular flexibility index (Phi) is 2.76. The van der Waals surface area contributed by atoms with E-state index in [1.807, 2.05) is 18.2 Å². The Morgan fingerprint density at radius 3 is 2.65 bits per heavy atom. The quantitative estimate of drug-likeness (QED) is 0.819. The third-order valence-electron chi connectivity index (χ3n) is 4.93. The summed E-state index contributed by atoms with van der Waals surface area (Å²) in [5, 5.41) is 0. The minimum atomic E-state index is -0.198. The molecule has 1 heterocycles. The van der Waals surface area contributed by atoms with Crippen LogP contribution in [0, 0.1) is 0 Å². The lowest BCUT2D eigenvalue weighted by molar-refractivity contribution is -0.0179. The predicted molar refractivity (Wildman–Crippen MR) is 75.5 cm³/mol. The number of Topliss-reactive ketones (excluding diaryl/α,β-unsaturated/α-hetero) is 1. The van der Waals surface area contributed by atoms with Crippen LogP contribution in [-0.2, 0) is 0 Å². The second-order valence-corrected chi connectivity index (χ2v) is 6.42. The molecule has 0 saturated heterocycles. The molecule has 2 saturated carbocycles. The normalized spacial score (nSPS) is 24.1. The van der Waals surface area contributed by atoms with E-state index < -0.39 is 0 Å². The Balaban J connectivity index is 1.59. The lowest BCUT2D eigenvalue weighted by Gasteiger charge is -2.44. The Morgan fingerprint density at radius 2 is 1.95 bits per heavy atom. The summed E-state index contributed by atoms with van der Waals surface area (Å²) in [7, 11) is 0. The number of ether oxygens (including phenoxy) is 2. The number of fused-ring (bicyclic) bond motifs is 1. The van der Waals surface area contributed by atoms with Gasteiger partial charge in [0.25, 0.3) is 0 Å². The van der Waals surface area contributed by atoms with E-state index in [2.05, 4.69) is 0 Å². The molecule has 2 aliphatic carbocycles. The lowest BCUT2D eigenvalue weighted by atomic mass is 9.74. The van der Waals surface area contributed by atoms with Crippen molar-refractivity contribution in [3.63, 3.8) is 0 Å². The monoisotopic (exact) mass is 272 g/mol. The van der Waals surface area contributed by atoms with Crippen molar-refractivity contribution in [1.82, 2.24) is 0 Å². The van der Waals surface area contributed by atoms with E-state index in [4.69, 9.17) is 9.47 Å². The van der Waals surface area contributed by atoms with E-state index in [0.29, 0.717) is 12.5 Å². The highest BCUT2D eigenvalue weighted by molar-refractivity contribution is 6.00. The minimum absolute atomic E-state index is 0.198. The van der Waals surface area contributed by atoms with Gasteiger partial charge in [-0.05, 0) is 57.1 Å². The molecular formula is C17H20O3. The molecule has 3 aliphatic rings. The SMILES string of the molecule is O=C1CC2(CCC2)Oc2cc(OC3CCCC3)ccc21. The van der Waals surface area contributed by atoms with Crippen LogP contribution in [0.1, 0.15) is 61.7 Å². The Bertz CT molecular complexity index is 539. The van der Waals surface area contributed by atoms with E-state index in [1.165, 1.54) is 19.3 Å². The lowest BCUT2D eigenvalue weighted by Crippen LogP contribution is -2.47. The zero-order valence-electron chi connectivity index (χ0n) is 11.7. The molecule has 0 unspecified atom stereocenters. The van der Waals surface area contributed by atoms with Crippen LogP contribution in [0.5, 0.6) is 11.5 Å². The second-order valence-electron chi connectivity index (χ2n) is 6.42. The summed E-state index contributed by atoms with van der Waals surface area (Å²) in [5.41, 5.74) is 0.525. The summed E-state index contributed by atoms with van der Waals surface area (Å²) in [6.45, 7) is 0. The van der Waals surface area contributed by atoms with Gasteiger partial charge in [0.1, 0.15) is 17.1 Å². The zero-order valence-corrected chi connectivity index (χ0v) is 11.7. The van der Waals surface area contributed by atoms with Crippen molar-refractivity contribution < 1.29 is 14.3 Å². The molecule has 1 aromatic carbocycles. The molecule has 0 atom stereocenters. The largest absolute Gasteiger partial charge is 0.490 e. The topological polar surface area (TPSA) is 35.5 Å². The van der Waals surface area contributed by atoms with Gasteiger partial charge in [0, 0.05) is 6.07 Å². The van der Waals surface area contributed by atoms with Crippen LogP contribution in [0.4, 0.5) is 0 Å². The van der Waals surface area contributed by atoms with E-state index in [9.17, 15) is 4.79 Å². The fourth-order valence-electron chi connectivity index (χ4n) is 3.60. The van der Waals surface area contributed by atoms with Gasteiger partial charge in [-0.1, -0.05) is 0 Å². The first-order valence-electron chi connectivity index (χ1n) is 7.77. The summed E-state index contributed by atoms with van der Waals surface area (Å²) < 4.78 is 12.1. The smallest absolute Gasteiger partial charge is 0.170 e. The Morgan fingerprint density at radius 1 is 1.15 bits per heavy atom. The van der Waals surface area contributed by atoms with Crippen LogP contribution < -0.4 is 9.47 Å².